The minimum Gasteiger partial charge on any atom is -0.166 e. The maximum Gasteiger partial charge on any atom is 0.417 e. The normalized spacial score (nSPS) is 12.8. The standard InChI is InChI=1S/C42H28F12P2/c1-25-31(39(43,44)45)23-33(55(27-15-7-3-8-16-27)28-17-9-4-10-18-28)35(37(25)41(49,50)51)36-34(24-32(40(46,47)48)26(2)38(36)42(52,53)54)56(29-19-11-5-12-20-29)30-21-13-6-14-22-30/h3-24H,1-2H3. The van der Waals surface area contributed by atoms with Crippen molar-refractivity contribution < 1.29 is 52.7 Å². The van der Waals surface area contributed by atoms with E-state index in [0.29, 0.717) is 26.0 Å². The molecule has 56 heavy (non-hydrogen) atoms. The first-order valence-corrected chi connectivity index (χ1v) is 19.3. The van der Waals surface area contributed by atoms with Crippen molar-refractivity contribution in [1.29, 1.82) is 0 Å². The molecule has 6 rings (SSSR count). The van der Waals surface area contributed by atoms with Crippen LogP contribution in [0.5, 0.6) is 0 Å². The second-order valence-corrected chi connectivity index (χ2v) is 17.0. The first-order chi connectivity index (χ1) is 26.2. The lowest BCUT2D eigenvalue weighted by Crippen LogP contribution is -2.33. The Labute approximate surface area is 316 Å². The van der Waals surface area contributed by atoms with Gasteiger partial charge in [0.2, 0.25) is 0 Å². The summed E-state index contributed by atoms with van der Waals surface area (Å²) in [5.41, 5.74) is -12.9. The summed E-state index contributed by atoms with van der Waals surface area (Å²) < 4.78 is 184. The van der Waals surface area contributed by atoms with Crippen LogP contribution in [0.1, 0.15) is 33.4 Å². The van der Waals surface area contributed by atoms with Crippen LogP contribution in [0, 0.1) is 13.8 Å². The Hall–Kier alpha value is -4.66. The van der Waals surface area contributed by atoms with Crippen molar-refractivity contribution in [2.45, 2.75) is 38.6 Å². The first-order valence-electron chi connectivity index (χ1n) is 16.7. The van der Waals surface area contributed by atoms with E-state index in [2.05, 4.69) is 0 Å². The Morgan fingerprint density at radius 3 is 0.768 bits per heavy atom. The van der Waals surface area contributed by atoms with Gasteiger partial charge in [0.15, 0.2) is 0 Å². The summed E-state index contributed by atoms with van der Waals surface area (Å²) in [4.78, 5) is 0. The molecule has 0 fully saturated rings. The van der Waals surface area contributed by atoms with Gasteiger partial charge in [-0.1, -0.05) is 121 Å². The van der Waals surface area contributed by atoms with E-state index < -0.39 is 95.7 Å². The van der Waals surface area contributed by atoms with Gasteiger partial charge in [-0.2, -0.15) is 52.7 Å². The van der Waals surface area contributed by atoms with Gasteiger partial charge in [0.1, 0.15) is 0 Å². The van der Waals surface area contributed by atoms with Crippen molar-refractivity contribution >= 4 is 47.7 Å². The lowest BCUT2D eigenvalue weighted by atomic mass is 9.86. The van der Waals surface area contributed by atoms with Crippen molar-refractivity contribution in [3.05, 3.63) is 167 Å². The highest BCUT2D eigenvalue weighted by molar-refractivity contribution is 7.80. The quantitative estimate of drug-likeness (QED) is 0.111. The van der Waals surface area contributed by atoms with E-state index >= 15 is 26.3 Å². The van der Waals surface area contributed by atoms with E-state index in [1.165, 1.54) is 97.1 Å². The van der Waals surface area contributed by atoms with Gasteiger partial charge >= 0.3 is 24.7 Å². The third-order valence-electron chi connectivity index (χ3n) is 9.10. The smallest absolute Gasteiger partial charge is 0.166 e. The zero-order chi connectivity index (χ0) is 40.8. The van der Waals surface area contributed by atoms with Gasteiger partial charge in [-0.3, -0.25) is 0 Å². The molecular formula is C42H28F12P2. The number of rotatable bonds is 7. The van der Waals surface area contributed by atoms with Crippen molar-refractivity contribution in [1.82, 2.24) is 0 Å². The Morgan fingerprint density at radius 2 is 0.571 bits per heavy atom. The number of alkyl halides is 12. The fourth-order valence-corrected chi connectivity index (χ4v) is 11.9. The zero-order valence-electron chi connectivity index (χ0n) is 29.1. The Balaban J connectivity index is 1.98. The Morgan fingerprint density at radius 1 is 0.339 bits per heavy atom. The van der Waals surface area contributed by atoms with Crippen LogP contribution >= 0.6 is 15.8 Å². The maximum atomic E-state index is 15.8. The van der Waals surface area contributed by atoms with Gasteiger partial charge in [-0.25, -0.2) is 0 Å². The Kier molecular flexibility index (Phi) is 11.2. The second kappa shape index (κ2) is 15.4. The van der Waals surface area contributed by atoms with E-state index in [0.717, 1.165) is 0 Å². The van der Waals surface area contributed by atoms with Gasteiger partial charge in [0.05, 0.1) is 22.3 Å². The zero-order valence-corrected chi connectivity index (χ0v) is 30.9. The van der Waals surface area contributed by atoms with Gasteiger partial charge in [-0.15, -0.1) is 0 Å². The minimum absolute atomic E-state index is 0.187. The highest BCUT2D eigenvalue weighted by Crippen LogP contribution is 2.53. The Bertz CT molecular complexity index is 2070. The van der Waals surface area contributed by atoms with Crippen molar-refractivity contribution in [3.63, 3.8) is 0 Å². The van der Waals surface area contributed by atoms with E-state index in [1.54, 1.807) is 24.3 Å². The molecule has 0 atom stereocenters. The molecule has 0 N–H and O–H groups in total. The molecule has 0 amide bonds. The van der Waals surface area contributed by atoms with E-state index in [9.17, 15) is 26.3 Å². The molecule has 0 heterocycles. The molecule has 0 radical (unpaired) electrons. The summed E-state index contributed by atoms with van der Waals surface area (Å²) in [6, 6.07) is 30.4. The molecule has 6 aromatic carbocycles. The number of benzene rings is 6. The lowest BCUT2D eigenvalue weighted by molar-refractivity contribution is -0.146. The van der Waals surface area contributed by atoms with Gasteiger partial charge in [0.25, 0.3) is 0 Å². The SMILES string of the molecule is Cc1c(C(F)(F)F)cc(P(c2ccccc2)c2ccccc2)c(-c2c(P(c3ccccc3)c3ccccc3)cc(C(F)(F)F)c(C)c2C(F)(F)F)c1C(F)(F)F. The summed E-state index contributed by atoms with van der Waals surface area (Å²) in [6.45, 7) is 1.04. The molecule has 0 aliphatic rings. The average Bonchev–Trinajstić information content (AvgIpc) is 3.12. The molecule has 290 valence electrons. The molecule has 0 aromatic heterocycles. The molecule has 0 aliphatic carbocycles. The molecule has 6 aromatic rings. The summed E-state index contributed by atoms with van der Waals surface area (Å²) in [7, 11) is -5.08. The first kappa shape index (κ1) is 41.0. The van der Waals surface area contributed by atoms with Crippen LogP contribution < -0.4 is 31.8 Å². The molecule has 14 heteroatoms. The van der Waals surface area contributed by atoms with E-state index in [-0.39, 0.29) is 21.2 Å². The fraction of sp³-hybridized carbons (Fsp3) is 0.143. The highest BCUT2D eigenvalue weighted by atomic mass is 31.1. The summed E-state index contributed by atoms with van der Waals surface area (Å²) in [5, 5.41) is -0.770. The number of hydrogen-bond donors (Lipinski definition) is 0. The topological polar surface area (TPSA) is 0 Å². The molecular weight excluding hydrogens is 794 g/mol. The van der Waals surface area contributed by atoms with Gasteiger partial charge < -0.3 is 0 Å². The van der Waals surface area contributed by atoms with Crippen LogP contribution in [0.2, 0.25) is 0 Å². The van der Waals surface area contributed by atoms with Crippen molar-refractivity contribution in [2.24, 2.45) is 0 Å². The monoisotopic (exact) mass is 822 g/mol. The van der Waals surface area contributed by atoms with Crippen LogP contribution in [-0.4, -0.2) is 0 Å². The van der Waals surface area contributed by atoms with Gasteiger partial charge in [-0.05, 0) is 84.8 Å². The lowest BCUT2D eigenvalue weighted by Gasteiger charge is -2.33. The van der Waals surface area contributed by atoms with Crippen LogP contribution in [0.3, 0.4) is 0 Å². The van der Waals surface area contributed by atoms with Crippen LogP contribution in [0.25, 0.3) is 11.1 Å². The van der Waals surface area contributed by atoms with Crippen LogP contribution in [0.15, 0.2) is 133 Å². The van der Waals surface area contributed by atoms with Gasteiger partial charge in [0, 0.05) is 11.1 Å². The van der Waals surface area contributed by atoms with Crippen molar-refractivity contribution in [2.75, 3.05) is 0 Å². The highest BCUT2D eigenvalue weighted by Gasteiger charge is 2.49. The van der Waals surface area contributed by atoms with E-state index in [1.807, 2.05) is 0 Å². The van der Waals surface area contributed by atoms with Crippen LogP contribution in [0.4, 0.5) is 52.7 Å². The average molecular weight is 823 g/mol. The molecule has 0 saturated carbocycles. The molecule has 0 saturated heterocycles. The summed E-state index contributed by atoms with van der Waals surface area (Å²) in [5.74, 6) is 0. The van der Waals surface area contributed by atoms with E-state index in [4.69, 9.17) is 0 Å². The molecule has 0 spiro atoms. The molecule has 0 aliphatic heterocycles. The van der Waals surface area contributed by atoms with Crippen LogP contribution in [-0.2, 0) is 24.7 Å². The van der Waals surface area contributed by atoms with Crippen molar-refractivity contribution in [3.8, 4) is 11.1 Å². The molecule has 0 unspecified atom stereocenters. The third-order valence-corrected chi connectivity index (χ3v) is 14.0. The number of hydrogen-bond acceptors (Lipinski definition) is 0. The minimum atomic E-state index is -5.73. The predicted octanol–water partition coefficient (Wildman–Crippen LogP) is 11.6. The summed E-state index contributed by atoms with van der Waals surface area (Å²) >= 11 is 0. The predicted molar refractivity (Wildman–Crippen MR) is 199 cm³/mol. The molecule has 0 nitrogen and oxygen atoms in total. The maximum absolute atomic E-state index is 15.8. The third kappa shape index (κ3) is 8.10. The summed E-state index contributed by atoms with van der Waals surface area (Å²) in [6.07, 6.45) is -22.3. The fourth-order valence-electron chi connectivity index (χ4n) is 6.85. The number of halogens is 12. The largest absolute Gasteiger partial charge is 0.417 e. The second-order valence-electron chi connectivity index (χ2n) is 12.6. The molecule has 0 bridgehead atoms.